The highest BCUT2D eigenvalue weighted by atomic mass is 16.5. The van der Waals surface area contributed by atoms with Crippen LogP contribution in [-0.4, -0.2) is 37.2 Å². The van der Waals surface area contributed by atoms with Crippen molar-refractivity contribution in [3.63, 3.8) is 0 Å². The first kappa shape index (κ1) is 12.4. The lowest BCUT2D eigenvalue weighted by molar-refractivity contribution is 0.141. The number of anilines is 1. The molecule has 1 N–H and O–H groups in total. The Hall–Kier alpha value is -1.66. The van der Waals surface area contributed by atoms with Crippen LogP contribution in [0.5, 0.6) is 5.75 Å². The van der Waals surface area contributed by atoms with Gasteiger partial charge in [0.1, 0.15) is 11.9 Å². The summed E-state index contributed by atoms with van der Waals surface area (Å²) in [6, 6.07) is 8.09. The molecule has 3 nitrogen and oxygen atoms in total. The van der Waals surface area contributed by atoms with Crippen molar-refractivity contribution in [1.82, 2.24) is 4.90 Å². The molecule has 1 unspecified atom stereocenters. The van der Waals surface area contributed by atoms with Gasteiger partial charge in [-0.05, 0) is 30.9 Å². The number of ether oxygens (including phenoxy) is 1. The smallest absolute Gasteiger partial charge is 0.142 e. The Morgan fingerprint density at radius 1 is 1.32 bits per heavy atom. The topological polar surface area (TPSA) is 24.5 Å². The number of nitrogens with zero attached hydrogens (tertiary/aromatic N) is 1. The Labute approximate surface area is 114 Å². The molecular weight excluding hydrogens is 236 g/mol. The molecule has 1 atom stereocenters. The SMILES string of the molecule is C#CCN(CC1CC1)CC1CNc2ccccc2O1. The third-order valence-electron chi connectivity index (χ3n) is 3.69. The molecule has 1 aliphatic carbocycles. The second kappa shape index (κ2) is 5.54. The van der Waals surface area contributed by atoms with Gasteiger partial charge in [0.25, 0.3) is 0 Å². The van der Waals surface area contributed by atoms with Crippen molar-refractivity contribution in [3.05, 3.63) is 24.3 Å². The van der Waals surface area contributed by atoms with Crippen LogP contribution >= 0.6 is 0 Å². The largest absolute Gasteiger partial charge is 0.485 e. The Balaban J connectivity index is 1.59. The van der Waals surface area contributed by atoms with E-state index in [1.54, 1.807) is 0 Å². The maximum atomic E-state index is 6.04. The number of hydrogen-bond acceptors (Lipinski definition) is 3. The first-order valence-electron chi connectivity index (χ1n) is 7.00. The van der Waals surface area contributed by atoms with Crippen molar-refractivity contribution in [1.29, 1.82) is 0 Å². The lowest BCUT2D eigenvalue weighted by Gasteiger charge is -2.31. The second-order valence-electron chi connectivity index (χ2n) is 5.46. The summed E-state index contributed by atoms with van der Waals surface area (Å²) in [6.45, 7) is 3.59. The van der Waals surface area contributed by atoms with Gasteiger partial charge < -0.3 is 10.1 Å². The predicted molar refractivity (Wildman–Crippen MR) is 77.3 cm³/mol. The van der Waals surface area contributed by atoms with E-state index in [4.69, 9.17) is 11.2 Å². The lowest BCUT2D eigenvalue weighted by Crippen LogP contribution is -2.42. The van der Waals surface area contributed by atoms with Crippen LogP contribution < -0.4 is 10.1 Å². The lowest BCUT2D eigenvalue weighted by atomic mass is 10.2. The van der Waals surface area contributed by atoms with E-state index in [1.165, 1.54) is 12.8 Å². The highest BCUT2D eigenvalue weighted by molar-refractivity contribution is 5.57. The third-order valence-corrected chi connectivity index (χ3v) is 3.69. The quantitative estimate of drug-likeness (QED) is 0.817. The molecule has 1 heterocycles. The molecule has 0 aromatic heterocycles. The summed E-state index contributed by atoms with van der Waals surface area (Å²) >= 11 is 0. The van der Waals surface area contributed by atoms with Gasteiger partial charge >= 0.3 is 0 Å². The molecule has 1 aromatic rings. The average molecular weight is 256 g/mol. The zero-order valence-electron chi connectivity index (χ0n) is 11.1. The average Bonchev–Trinajstić information content (AvgIpc) is 3.23. The number of nitrogens with one attached hydrogen (secondary N) is 1. The summed E-state index contributed by atoms with van der Waals surface area (Å²) in [4.78, 5) is 2.35. The first-order valence-corrected chi connectivity index (χ1v) is 7.00. The van der Waals surface area contributed by atoms with E-state index in [2.05, 4.69) is 22.2 Å². The predicted octanol–water partition coefficient (Wildman–Crippen LogP) is 2.20. The van der Waals surface area contributed by atoms with Gasteiger partial charge in [0, 0.05) is 13.1 Å². The molecule has 0 saturated heterocycles. The molecule has 2 aliphatic rings. The van der Waals surface area contributed by atoms with E-state index < -0.39 is 0 Å². The van der Waals surface area contributed by atoms with Crippen LogP contribution in [-0.2, 0) is 0 Å². The van der Waals surface area contributed by atoms with Gasteiger partial charge in [-0.15, -0.1) is 6.42 Å². The fourth-order valence-corrected chi connectivity index (χ4v) is 2.55. The summed E-state index contributed by atoms with van der Waals surface area (Å²) in [5.74, 6) is 4.57. The minimum Gasteiger partial charge on any atom is -0.485 e. The molecule has 1 fully saturated rings. The normalized spacial score (nSPS) is 21.2. The summed E-state index contributed by atoms with van der Waals surface area (Å²) in [6.07, 6.45) is 8.35. The minimum atomic E-state index is 0.182. The van der Waals surface area contributed by atoms with Crippen LogP contribution in [0, 0.1) is 18.3 Å². The number of para-hydroxylation sites is 2. The van der Waals surface area contributed by atoms with Crippen molar-refractivity contribution in [2.24, 2.45) is 5.92 Å². The molecule has 0 amide bonds. The molecule has 0 radical (unpaired) electrons. The fraction of sp³-hybridized carbons (Fsp3) is 0.500. The molecule has 1 aromatic carbocycles. The highest BCUT2D eigenvalue weighted by Crippen LogP contribution is 2.31. The van der Waals surface area contributed by atoms with Crippen molar-refractivity contribution in [2.45, 2.75) is 18.9 Å². The highest BCUT2D eigenvalue weighted by Gasteiger charge is 2.27. The summed E-state index contributed by atoms with van der Waals surface area (Å²) in [5, 5.41) is 3.43. The van der Waals surface area contributed by atoms with Gasteiger partial charge in [-0.1, -0.05) is 18.1 Å². The van der Waals surface area contributed by atoms with Crippen molar-refractivity contribution in [3.8, 4) is 18.1 Å². The number of hydrogen-bond donors (Lipinski definition) is 1. The van der Waals surface area contributed by atoms with Crippen LogP contribution in [0.1, 0.15) is 12.8 Å². The zero-order chi connectivity index (χ0) is 13.1. The van der Waals surface area contributed by atoms with E-state index in [0.717, 1.165) is 43.5 Å². The van der Waals surface area contributed by atoms with E-state index in [1.807, 2.05) is 18.2 Å². The van der Waals surface area contributed by atoms with Crippen LogP contribution in [0.15, 0.2) is 24.3 Å². The molecule has 1 aliphatic heterocycles. The molecule has 3 heteroatoms. The monoisotopic (exact) mass is 256 g/mol. The molecule has 0 bridgehead atoms. The van der Waals surface area contributed by atoms with Gasteiger partial charge in [0.15, 0.2) is 0 Å². The molecular formula is C16H20N2O. The number of terminal acetylenes is 1. The fourth-order valence-electron chi connectivity index (χ4n) is 2.55. The number of fused-ring (bicyclic) bond motifs is 1. The van der Waals surface area contributed by atoms with Gasteiger partial charge in [-0.25, -0.2) is 0 Å². The molecule has 100 valence electrons. The molecule has 3 rings (SSSR count). The Kier molecular flexibility index (Phi) is 3.61. The van der Waals surface area contributed by atoms with E-state index in [9.17, 15) is 0 Å². The van der Waals surface area contributed by atoms with E-state index in [0.29, 0.717) is 0 Å². The maximum Gasteiger partial charge on any atom is 0.142 e. The second-order valence-corrected chi connectivity index (χ2v) is 5.46. The van der Waals surface area contributed by atoms with Crippen molar-refractivity contribution in [2.75, 3.05) is 31.5 Å². The minimum absolute atomic E-state index is 0.182. The third kappa shape index (κ3) is 3.21. The van der Waals surface area contributed by atoms with Crippen molar-refractivity contribution < 1.29 is 4.74 Å². The van der Waals surface area contributed by atoms with Gasteiger partial charge in [-0.2, -0.15) is 0 Å². The number of benzene rings is 1. The van der Waals surface area contributed by atoms with Crippen LogP contribution in [0.3, 0.4) is 0 Å². The Morgan fingerprint density at radius 3 is 2.95 bits per heavy atom. The Morgan fingerprint density at radius 2 is 2.16 bits per heavy atom. The van der Waals surface area contributed by atoms with Crippen LogP contribution in [0.2, 0.25) is 0 Å². The van der Waals surface area contributed by atoms with E-state index in [-0.39, 0.29) is 6.10 Å². The molecule has 19 heavy (non-hydrogen) atoms. The van der Waals surface area contributed by atoms with Crippen LogP contribution in [0.4, 0.5) is 5.69 Å². The summed E-state index contributed by atoms with van der Waals surface area (Å²) in [7, 11) is 0. The number of rotatable bonds is 5. The molecule has 1 saturated carbocycles. The summed E-state index contributed by atoms with van der Waals surface area (Å²) < 4.78 is 6.04. The summed E-state index contributed by atoms with van der Waals surface area (Å²) in [5.41, 5.74) is 1.09. The Bertz CT molecular complexity index is 476. The van der Waals surface area contributed by atoms with E-state index >= 15 is 0 Å². The van der Waals surface area contributed by atoms with Crippen LogP contribution in [0.25, 0.3) is 0 Å². The van der Waals surface area contributed by atoms with Gasteiger partial charge in [-0.3, -0.25) is 4.90 Å². The maximum absolute atomic E-state index is 6.04. The first-order chi connectivity index (χ1) is 9.35. The van der Waals surface area contributed by atoms with Gasteiger partial charge in [0.05, 0.1) is 18.8 Å². The standard InChI is InChI=1S/C16H20N2O/c1-2-9-18(11-13-7-8-13)12-14-10-17-15-5-3-4-6-16(15)19-14/h1,3-6,13-14,17H,7-12H2. The zero-order valence-corrected chi connectivity index (χ0v) is 11.1. The molecule has 0 spiro atoms. The van der Waals surface area contributed by atoms with Crippen molar-refractivity contribution >= 4 is 5.69 Å². The van der Waals surface area contributed by atoms with Gasteiger partial charge in [0.2, 0.25) is 0 Å².